The van der Waals surface area contributed by atoms with Crippen LogP contribution in [0.25, 0.3) is 0 Å². The molecule has 0 radical (unpaired) electrons. The Morgan fingerprint density at radius 3 is 1.16 bits per heavy atom. The molecule has 0 aromatic rings. The molecule has 31 nitrogen and oxygen atoms in total. The molecule has 0 amide bonds. The molecule has 0 aromatic heterocycles. The fourth-order valence-electron chi connectivity index (χ4n) is 5.51. The van der Waals surface area contributed by atoms with Crippen LogP contribution >= 0.6 is 0 Å². The van der Waals surface area contributed by atoms with Gasteiger partial charge >= 0.3 is 48.5 Å². The van der Waals surface area contributed by atoms with Crippen LogP contribution in [0, 0.1) is 0 Å². The molecule has 3 fully saturated rings. The van der Waals surface area contributed by atoms with E-state index >= 15 is 0 Å². The summed E-state index contributed by atoms with van der Waals surface area (Å²) >= 11 is 0. The van der Waals surface area contributed by atoms with Crippen molar-refractivity contribution in [1.82, 2.24) is 0 Å². The van der Waals surface area contributed by atoms with E-state index in [4.69, 9.17) is 104 Å². The minimum atomic E-state index is -5.19. The van der Waals surface area contributed by atoms with Crippen LogP contribution in [0.5, 0.6) is 0 Å². The maximum absolute atomic E-state index is 11.5. The zero-order valence-corrected chi connectivity index (χ0v) is 36.0. The maximum Gasteiger partial charge on any atom is 0.430 e. The van der Waals surface area contributed by atoms with Crippen molar-refractivity contribution >= 4 is 47.7 Å². The van der Waals surface area contributed by atoms with E-state index in [-0.39, 0.29) is 36.8 Å². The SMILES string of the molecule is NC(N)=[NH+]C[C@H]1O[C@H](O[C@H]2[C@H](O[C@@H]3O[C@H](CO)[C@@H](O)[C@H](O)[C@H]3O)[C@@H](O)[C@H]([NH+]=C(N)N)C[C@@H]2[NH+]=C(N)N)[C@H]([NH+]=C(N)N)[C@@H](O)[C@@H]1O.O=C([O-])C(F)(F)F.O=C([O-])C(F)(F)F.O=C([O-])C(F)(F)F.O=C([O-])C(F)(F)F. The van der Waals surface area contributed by atoms with Crippen LogP contribution in [0.2, 0.25) is 0 Å². The van der Waals surface area contributed by atoms with Crippen molar-refractivity contribution in [3.8, 4) is 0 Å². The van der Waals surface area contributed by atoms with Gasteiger partial charge in [-0.1, -0.05) is 0 Å². The highest BCUT2D eigenvalue weighted by atomic mass is 19.4. The summed E-state index contributed by atoms with van der Waals surface area (Å²) in [4.78, 5) is 45.8. The third kappa shape index (κ3) is 24.3. The average Bonchev–Trinajstić information content (AvgIpc) is 3.21. The lowest BCUT2D eigenvalue weighted by atomic mass is 9.83. The topological polar surface area (TPSA) is 603 Å². The molecule has 43 heteroatoms. The summed E-state index contributed by atoms with van der Waals surface area (Å²) in [6, 6.07) is -3.26. The van der Waals surface area contributed by atoms with Gasteiger partial charge < -0.3 is 94.3 Å². The van der Waals surface area contributed by atoms with Crippen LogP contribution in [0.15, 0.2) is 0 Å². The Bertz CT molecular complexity index is 1800. The van der Waals surface area contributed by atoms with Crippen LogP contribution in [-0.4, -0.2) is 213 Å². The molecule has 1 saturated carbocycles. The van der Waals surface area contributed by atoms with Crippen molar-refractivity contribution in [2.45, 2.75) is 123 Å². The Balaban J connectivity index is 0. The van der Waals surface area contributed by atoms with Crippen molar-refractivity contribution in [2.75, 3.05) is 13.2 Å². The molecule has 2 heterocycles. The number of carboxylic acids is 4. The predicted octanol–water partition coefficient (Wildman–Crippen LogP) is -20.5. The number of halogens is 12. The number of aliphatic hydroxyl groups is 7. The van der Waals surface area contributed by atoms with Gasteiger partial charge in [-0.3, -0.25) is 65.8 Å². The molecule has 15 atom stereocenters. The number of nitrogens with one attached hydrogen (secondary N) is 4. The number of guanidine groups is 4. The highest BCUT2D eigenvalue weighted by Crippen LogP contribution is 2.31. The number of rotatable bonds is 10. The Kier molecular flexibility index (Phi) is 27.1. The fraction of sp³-hybridized carbons (Fsp3) is 0.733. The molecule has 3 aliphatic rings. The van der Waals surface area contributed by atoms with Crippen molar-refractivity contribution < 1.29 is 167 Å². The molecule has 3 rings (SSSR count). The normalized spacial score (nSPS) is 30.1. The van der Waals surface area contributed by atoms with Gasteiger partial charge in [-0.25, -0.2) is 0 Å². The standard InChI is InChI=1S/C22H44N12O11.4C2HF3O2/c23-19(24)31-2-6-10(37)12(39)8(34-22(29)30)17(42-6)44-15-5(33-21(27)28)1-4(32-20(25)26)9(36)16(15)45-18-14(41)13(40)11(38)7(3-35)43-18;4*3-2(4,5)1(6)7/h4-18,35-41H,1-3H2,(H4,23,24,31)(H4,25,26,32)(H4,27,28,33)(H4,29,30,34);4*(H,6,7)/t4-,5+,6-,7-,8-,9+,10-,11-,12-,13+,14-,15-,16-,17-,18+;;;;/m1..../s1. The van der Waals surface area contributed by atoms with E-state index in [0.29, 0.717) is 0 Å². The van der Waals surface area contributed by atoms with Gasteiger partial charge in [0, 0.05) is 6.42 Å². The Morgan fingerprint density at radius 1 is 0.479 bits per heavy atom. The quantitative estimate of drug-likeness (QED) is 0.0549. The summed E-state index contributed by atoms with van der Waals surface area (Å²) in [7, 11) is 0. The lowest BCUT2D eigenvalue weighted by molar-refractivity contribution is -0.595. The number of carboxylic acid groups (broad SMARTS) is 4. The predicted molar refractivity (Wildman–Crippen MR) is 193 cm³/mol. The van der Waals surface area contributed by atoms with E-state index in [2.05, 4.69) is 20.0 Å². The van der Waals surface area contributed by atoms with E-state index in [1.165, 1.54) is 0 Å². The summed E-state index contributed by atoms with van der Waals surface area (Å²) in [5.74, 6) is -13.2. The van der Waals surface area contributed by atoms with Gasteiger partial charge in [0.1, 0.15) is 97.0 Å². The largest absolute Gasteiger partial charge is 0.542 e. The number of hydrogen-bond donors (Lipinski definition) is 19. The van der Waals surface area contributed by atoms with Gasteiger partial charge in [-0.2, -0.15) is 52.7 Å². The molecule has 2 aliphatic heterocycles. The highest BCUT2D eigenvalue weighted by Gasteiger charge is 2.55. The molecule has 2 saturated heterocycles. The third-order valence-electron chi connectivity index (χ3n) is 8.58. The molecule has 0 unspecified atom stereocenters. The van der Waals surface area contributed by atoms with Gasteiger partial charge in [0.15, 0.2) is 18.6 Å². The Morgan fingerprint density at radius 2 is 0.822 bits per heavy atom. The number of aliphatic hydroxyl groups excluding tert-OH is 7. The molecular formula is C30H48F12N12O19. The van der Waals surface area contributed by atoms with Crippen molar-refractivity contribution in [3.05, 3.63) is 0 Å². The zero-order chi connectivity index (χ0) is 58.1. The maximum atomic E-state index is 11.5. The Hall–Kier alpha value is -6.32. The van der Waals surface area contributed by atoms with Gasteiger partial charge in [0.2, 0.25) is 0 Å². The van der Waals surface area contributed by atoms with E-state index in [1.54, 1.807) is 0 Å². The molecule has 0 aromatic carbocycles. The summed E-state index contributed by atoms with van der Waals surface area (Å²) in [6.07, 6.45) is -39.7. The second kappa shape index (κ2) is 28.8. The minimum absolute atomic E-state index is 0.0407. The van der Waals surface area contributed by atoms with Crippen molar-refractivity contribution in [3.63, 3.8) is 0 Å². The van der Waals surface area contributed by atoms with Gasteiger partial charge in [0.25, 0.3) is 0 Å². The van der Waals surface area contributed by atoms with E-state index in [0.717, 1.165) is 0 Å². The van der Waals surface area contributed by atoms with Gasteiger partial charge in [-0.05, 0) is 0 Å². The number of hydrogen-bond acceptors (Lipinski definition) is 19. The number of carbonyl (C=O) groups is 4. The number of alkyl halides is 12. The highest BCUT2D eigenvalue weighted by molar-refractivity contribution is 5.72. The average molecular weight is 1110 g/mol. The number of nitrogens with two attached hydrogens (primary N) is 8. The van der Waals surface area contributed by atoms with Crippen molar-refractivity contribution in [2.24, 2.45) is 45.9 Å². The molecule has 426 valence electrons. The fourth-order valence-corrected chi connectivity index (χ4v) is 5.51. The second-order valence-corrected chi connectivity index (χ2v) is 14.2. The molecule has 0 bridgehead atoms. The number of aliphatic carboxylic acids is 4. The lowest BCUT2D eigenvalue weighted by Gasteiger charge is -2.47. The zero-order valence-electron chi connectivity index (χ0n) is 36.0. The summed E-state index contributed by atoms with van der Waals surface area (Å²) in [6.45, 7) is -0.944. The lowest BCUT2D eigenvalue weighted by Crippen LogP contribution is -2.96. The third-order valence-corrected chi connectivity index (χ3v) is 8.58. The van der Waals surface area contributed by atoms with Crippen molar-refractivity contribution in [1.29, 1.82) is 0 Å². The smallest absolute Gasteiger partial charge is 0.430 e. The summed E-state index contributed by atoms with van der Waals surface area (Å²) < 4.78 is 150. The van der Waals surface area contributed by atoms with Crippen LogP contribution in [0.1, 0.15) is 6.42 Å². The molecule has 27 N–H and O–H groups in total. The molecule has 1 aliphatic carbocycles. The monoisotopic (exact) mass is 1110 g/mol. The van der Waals surface area contributed by atoms with E-state index in [9.17, 15) is 88.4 Å². The first-order valence-corrected chi connectivity index (χ1v) is 18.8. The first kappa shape index (κ1) is 68.8. The minimum Gasteiger partial charge on any atom is -0.542 e. The molecule has 73 heavy (non-hydrogen) atoms. The number of ether oxygens (including phenoxy) is 4. The van der Waals surface area contributed by atoms with E-state index in [1.807, 2.05) is 0 Å². The molecule has 0 spiro atoms. The first-order valence-electron chi connectivity index (χ1n) is 18.8. The van der Waals surface area contributed by atoms with E-state index < -0.39 is 147 Å². The second-order valence-electron chi connectivity index (χ2n) is 14.2. The van der Waals surface area contributed by atoms with Crippen LogP contribution in [0.4, 0.5) is 52.7 Å². The number of carbonyl (C=O) groups excluding carboxylic acids is 4. The Labute approximate surface area is 396 Å². The summed E-state index contributed by atoms with van der Waals surface area (Å²) in [5.41, 5.74) is 45.0. The first-order chi connectivity index (χ1) is 32.8. The van der Waals surface area contributed by atoms with Crippen LogP contribution in [-0.2, 0) is 38.1 Å². The summed E-state index contributed by atoms with van der Waals surface area (Å²) in [5, 5.41) is 109. The van der Waals surface area contributed by atoms with Crippen LogP contribution < -0.4 is 86.3 Å². The molecular weight excluding hydrogens is 1060 g/mol. The van der Waals surface area contributed by atoms with Crippen LogP contribution in [0.3, 0.4) is 0 Å². The van der Waals surface area contributed by atoms with Gasteiger partial charge in [-0.15, -0.1) is 0 Å². The van der Waals surface area contributed by atoms with Gasteiger partial charge in [0.05, 0.1) is 13.2 Å².